The van der Waals surface area contributed by atoms with Crippen LogP contribution in [0, 0.1) is 3.57 Å². The van der Waals surface area contributed by atoms with Crippen molar-refractivity contribution in [2.24, 2.45) is 0 Å². The van der Waals surface area contributed by atoms with Gasteiger partial charge in [0.25, 0.3) is 0 Å². The summed E-state index contributed by atoms with van der Waals surface area (Å²) in [5.41, 5.74) is 0.338. The second-order valence-electron chi connectivity index (χ2n) is 4.69. The summed E-state index contributed by atoms with van der Waals surface area (Å²) in [4.78, 5) is 24.4. The summed E-state index contributed by atoms with van der Waals surface area (Å²) >= 11 is 2.11. The Kier molecular flexibility index (Phi) is 5.00. The molecule has 0 fully saturated rings. The van der Waals surface area contributed by atoms with E-state index < -0.39 is 5.97 Å². The van der Waals surface area contributed by atoms with Gasteiger partial charge in [0.15, 0.2) is 0 Å². The predicted octanol–water partition coefficient (Wildman–Crippen LogP) is 2.34. The van der Waals surface area contributed by atoms with Crippen molar-refractivity contribution in [3.05, 3.63) is 43.8 Å². The summed E-state index contributed by atoms with van der Waals surface area (Å²) in [5.74, 6) is -0.637. The van der Waals surface area contributed by atoms with E-state index in [4.69, 9.17) is 4.74 Å². The van der Waals surface area contributed by atoms with Crippen LogP contribution in [0.2, 0.25) is 0 Å². The smallest absolute Gasteiger partial charge is 0.343 e. The van der Waals surface area contributed by atoms with Crippen LogP contribution in [0.5, 0.6) is 0 Å². The highest BCUT2D eigenvalue weighted by molar-refractivity contribution is 14.1. The maximum absolute atomic E-state index is 12.5. The van der Waals surface area contributed by atoms with Crippen LogP contribution in [0.15, 0.2) is 29.2 Å². The van der Waals surface area contributed by atoms with Gasteiger partial charge in [0.1, 0.15) is 5.56 Å². The van der Waals surface area contributed by atoms with Crippen LogP contribution < -0.4 is 5.43 Å². The molecule has 1 aromatic carbocycles. The maximum Gasteiger partial charge on any atom is 0.343 e. The molecule has 0 spiro atoms. The molecular formula is C15H16INO4. The number of aliphatic hydroxyl groups is 1. The number of hydrogen-bond donors (Lipinski definition) is 1. The van der Waals surface area contributed by atoms with E-state index in [1.807, 2.05) is 19.1 Å². The quantitative estimate of drug-likeness (QED) is 0.631. The molecule has 1 heterocycles. The van der Waals surface area contributed by atoms with Gasteiger partial charge in [-0.1, -0.05) is 0 Å². The molecule has 0 aliphatic rings. The molecule has 0 aliphatic heterocycles. The first-order chi connectivity index (χ1) is 9.99. The lowest BCUT2D eigenvalue weighted by Crippen LogP contribution is -2.23. The van der Waals surface area contributed by atoms with Crippen LogP contribution in [0.3, 0.4) is 0 Å². The second kappa shape index (κ2) is 6.57. The molecule has 1 atom stereocenters. The zero-order valence-electron chi connectivity index (χ0n) is 11.8. The van der Waals surface area contributed by atoms with Gasteiger partial charge in [0.05, 0.1) is 24.8 Å². The van der Waals surface area contributed by atoms with E-state index in [0.29, 0.717) is 10.9 Å². The lowest BCUT2D eigenvalue weighted by Gasteiger charge is -2.18. The van der Waals surface area contributed by atoms with Gasteiger partial charge in [0, 0.05) is 15.2 Å². The predicted molar refractivity (Wildman–Crippen MR) is 88.7 cm³/mol. The number of pyridine rings is 1. The standard InChI is InChI=1S/C15H16INO4/c1-3-21-15(20)12-7-17(9(2)8-18)13-5-4-10(16)6-11(13)14(12)19/h4-7,9,18H,3,8H2,1-2H3/t9-/m1/s1. The number of rotatable bonds is 4. The largest absolute Gasteiger partial charge is 0.462 e. The van der Waals surface area contributed by atoms with Crippen LogP contribution >= 0.6 is 22.6 Å². The Morgan fingerprint density at radius 1 is 1.48 bits per heavy atom. The van der Waals surface area contributed by atoms with E-state index in [1.54, 1.807) is 17.6 Å². The minimum atomic E-state index is -0.637. The number of carbonyl (C=O) groups is 1. The van der Waals surface area contributed by atoms with E-state index >= 15 is 0 Å². The molecule has 0 amide bonds. The topological polar surface area (TPSA) is 68.5 Å². The van der Waals surface area contributed by atoms with Crippen molar-refractivity contribution in [3.63, 3.8) is 0 Å². The van der Waals surface area contributed by atoms with E-state index in [9.17, 15) is 14.7 Å². The van der Waals surface area contributed by atoms with Gasteiger partial charge in [-0.25, -0.2) is 4.79 Å². The zero-order valence-corrected chi connectivity index (χ0v) is 14.0. The summed E-state index contributed by atoms with van der Waals surface area (Å²) in [5, 5.41) is 9.84. The Balaban J connectivity index is 2.79. The van der Waals surface area contributed by atoms with Crippen molar-refractivity contribution in [1.29, 1.82) is 0 Å². The first-order valence-electron chi connectivity index (χ1n) is 6.62. The van der Waals surface area contributed by atoms with Gasteiger partial charge in [-0.05, 0) is 54.6 Å². The van der Waals surface area contributed by atoms with Crippen molar-refractivity contribution in [3.8, 4) is 0 Å². The monoisotopic (exact) mass is 401 g/mol. The average molecular weight is 401 g/mol. The minimum Gasteiger partial charge on any atom is -0.462 e. The SMILES string of the molecule is CCOC(=O)c1cn([C@H](C)CO)c2ccc(I)cc2c1=O. The number of esters is 1. The fourth-order valence-corrected chi connectivity index (χ4v) is 2.63. The van der Waals surface area contributed by atoms with Crippen LogP contribution in [-0.2, 0) is 4.74 Å². The first kappa shape index (κ1) is 16.0. The lowest BCUT2D eigenvalue weighted by molar-refractivity contribution is 0.0523. The number of ether oxygens (including phenoxy) is 1. The first-order valence-corrected chi connectivity index (χ1v) is 7.69. The zero-order chi connectivity index (χ0) is 15.6. The van der Waals surface area contributed by atoms with Crippen molar-refractivity contribution in [1.82, 2.24) is 4.57 Å². The summed E-state index contributed by atoms with van der Waals surface area (Å²) in [6.45, 7) is 3.62. The fourth-order valence-electron chi connectivity index (χ4n) is 2.13. The third-order valence-electron chi connectivity index (χ3n) is 3.23. The van der Waals surface area contributed by atoms with Gasteiger partial charge in [-0.3, -0.25) is 4.79 Å². The molecular weight excluding hydrogens is 385 g/mol. The molecule has 2 aromatic rings. The Bertz CT molecular complexity index is 738. The fraction of sp³-hybridized carbons (Fsp3) is 0.333. The molecule has 0 saturated carbocycles. The van der Waals surface area contributed by atoms with Crippen LogP contribution in [0.1, 0.15) is 30.2 Å². The molecule has 1 aromatic heterocycles. The van der Waals surface area contributed by atoms with Gasteiger partial charge >= 0.3 is 5.97 Å². The van der Waals surface area contributed by atoms with E-state index in [1.165, 1.54) is 6.20 Å². The number of aliphatic hydroxyl groups excluding tert-OH is 1. The van der Waals surface area contributed by atoms with Gasteiger partial charge in [0.2, 0.25) is 5.43 Å². The molecule has 21 heavy (non-hydrogen) atoms. The van der Waals surface area contributed by atoms with Gasteiger partial charge < -0.3 is 14.4 Å². The Hall–Kier alpha value is -1.41. The number of hydrogen-bond acceptors (Lipinski definition) is 4. The molecule has 0 unspecified atom stereocenters. The number of nitrogens with zero attached hydrogens (tertiary/aromatic N) is 1. The van der Waals surface area contributed by atoms with Crippen molar-refractivity contribution < 1.29 is 14.6 Å². The Morgan fingerprint density at radius 2 is 2.19 bits per heavy atom. The van der Waals surface area contributed by atoms with Gasteiger partial charge in [-0.2, -0.15) is 0 Å². The van der Waals surface area contributed by atoms with Crippen molar-refractivity contribution >= 4 is 39.5 Å². The highest BCUT2D eigenvalue weighted by Crippen LogP contribution is 2.19. The Labute approximate surface area is 135 Å². The third kappa shape index (κ3) is 3.11. The molecule has 112 valence electrons. The summed E-state index contributed by atoms with van der Waals surface area (Å²) in [7, 11) is 0. The number of aromatic nitrogens is 1. The molecule has 0 aliphatic carbocycles. The van der Waals surface area contributed by atoms with Gasteiger partial charge in [-0.15, -0.1) is 0 Å². The number of benzene rings is 1. The van der Waals surface area contributed by atoms with Crippen LogP contribution in [0.4, 0.5) is 0 Å². The molecule has 6 heteroatoms. The number of halogens is 1. The average Bonchev–Trinajstić information content (AvgIpc) is 2.47. The summed E-state index contributed by atoms with van der Waals surface area (Å²) in [6.07, 6.45) is 1.47. The highest BCUT2D eigenvalue weighted by Gasteiger charge is 2.18. The van der Waals surface area contributed by atoms with E-state index in [0.717, 1.165) is 3.57 Å². The normalized spacial score (nSPS) is 12.4. The molecule has 5 nitrogen and oxygen atoms in total. The van der Waals surface area contributed by atoms with Crippen LogP contribution in [-0.4, -0.2) is 28.9 Å². The van der Waals surface area contributed by atoms with Crippen LogP contribution in [0.25, 0.3) is 10.9 Å². The minimum absolute atomic E-state index is 0.00773. The van der Waals surface area contributed by atoms with Crippen molar-refractivity contribution in [2.75, 3.05) is 13.2 Å². The lowest BCUT2D eigenvalue weighted by atomic mass is 10.1. The van der Waals surface area contributed by atoms with Crippen molar-refractivity contribution in [2.45, 2.75) is 19.9 Å². The summed E-state index contributed by atoms with van der Waals surface area (Å²) < 4.78 is 7.58. The maximum atomic E-state index is 12.5. The third-order valence-corrected chi connectivity index (χ3v) is 3.90. The van der Waals surface area contributed by atoms with E-state index in [-0.39, 0.29) is 30.2 Å². The molecule has 0 saturated heterocycles. The molecule has 0 bridgehead atoms. The second-order valence-corrected chi connectivity index (χ2v) is 5.94. The molecule has 1 N–H and O–H groups in total. The van der Waals surface area contributed by atoms with E-state index in [2.05, 4.69) is 22.6 Å². The number of carbonyl (C=O) groups excluding carboxylic acids is 1. The molecule has 2 rings (SSSR count). The highest BCUT2D eigenvalue weighted by atomic mass is 127. The Morgan fingerprint density at radius 3 is 2.81 bits per heavy atom. The summed E-state index contributed by atoms with van der Waals surface area (Å²) in [6, 6.07) is 5.19. The molecule has 0 radical (unpaired) electrons. The number of fused-ring (bicyclic) bond motifs is 1.